The van der Waals surface area contributed by atoms with Crippen molar-refractivity contribution in [1.29, 1.82) is 0 Å². The highest BCUT2D eigenvalue weighted by molar-refractivity contribution is 5.79. The second kappa shape index (κ2) is 5.94. The number of para-hydroxylation sites is 1. The van der Waals surface area contributed by atoms with Crippen molar-refractivity contribution in [2.75, 3.05) is 0 Å². The van der Waals surface area contributed by atoms with Gasteiger partial charge in [0.15, 0.2) is 0 Å². The minimum absolute atomic E-state index is 0.246. The lowest BCUT2D eigenvalue weighted by atomic mass is 10.0. The lowest BCUT2D eigenvalue weighted by molar-refractivity contribution is 0.527. The topological polar surface area (TPSA) is 68.0 Å². The second-order valence-corrected chi connectivity index (χ2v) is 5.95. The van der Waals surface area contributed by atoms with Crippen LogP contribution in [-0.2, 0) is 6.42 Å². The molecule has 4 rings (SSSR count). The standard InChI is InChI=1S/C20H16N2O3/c1-13-16(12-14-8-4-2-5-9-14)20(24)25-19-17(13)18(23)21-22(19)15-10-6-3-7-11-15/h2-11H,12H2,1H3,(H,21,23). The van der Waals surface area contributed by atoms with Crippen LogP contribution in [0.2, 0.25) is 0 Å². The van der Waals surface area contributed by atoms with Crippen molar-refractivity contribution < 1.29 is 4.42 Å². The molecule has 0 saturated heterocycles. The fourth-order valence-electron chi connectivity index (χ4n) is 3.06. The summed E-state index contributed by atoms with van der Waals surface area (Å²) in [5.41, 5.74) is 2.45. The van der Waals surface area contributed by atoms with Gasteiger partial charge in [0.2, 0.25) is 5.71 Å². The summed E-state index contributed by atoms with van der Waals surface area (Å²) in [6, 6.07) is 18.9. The Hall–Kier alpha value is -3.34. The molecule has 0 spiro atoms. The van der Waals surface area contributed by atoms with E-state index in [4.69, 9.17) is 4.42 Å². The molecule has 2 heterocycles. The number of nitrogens with zero attached hydrogens (tertiary/aromatic N) is 1. The van der Waals surface area contributed by atoms with Crippen molar-refractivity contribution in [2.45, 2.75) is 13.3 Å². The van der Waals surface area contributed by atoms with E-state index in [1.807, 2.05) is 60.7 Å². The van der Waals surface area contributed by atoms with Gasteiger partial charge in [-0.25, -0.2) is 9.48 Å². The third kappa shape index (κ3) is 2.59. The van der Waals surface area contributed by atoms with Gasteiger partial charge in [-0.1, -0.05) is 48.5 Å². The molecule has 2 aromatic carbocycles. The van der Waals surface area contributed by atoms with E-state index in [1.54, 1.807) is 6.92 Å². The van der Waals surface area contributed by atoms with Crippen molar-refractivity contribution in [3.8, 4) is 5.69 Å². The molecular weight excluding hydrogens is 316 g/mol. The summed E-state index contributed by atoms with van der Waals surface area (Å²) < 4.78 is 7.04. The van der Waals surface area contributed by atoms with E-state index in [0.29, 0.717) is 22.9 Å². The van der Waals surface area contributed by atoms with Crippen LogP contribution in [0.3, 0.4) is 0 Å². The van der Waals surface area contributed by atoms with Crippen molar-refractivity contribution in [3.05, 3.63) is 98.1 Å². The molecule has 25 heavy (non-hydrogen) atoms. The average molecular weight is 332 g/mol. The first-order chi connectivity index (χ1) is 12.1. The number of H-pyrrole nitrogens is 1. The van der Waals surface area contributed by atoms with E-state index < -0.39 is 5.63 Å². The van der Waals surface area contributed by atoms with Crippen LogP contribution in [0.1, 0.15) is 16.7 Å². The highest BCUT2D eigenvalue weighted by Crippen LogP contribution is 2.20. The van der Waals surface area contributed by atoms with Crippen LogP contribution in [0.15, 0.2) is 74.7 Å². The molecule has 124 valence electrons. The van der Waals surface area contributed by atoms with Crippen molar-refractivity contribution in [1.82, 2.24) is 9.78 Å². The minimum atomic E-state index is -0.419. The molecular formula is C20H16N2O3. The predicted octanol–water partition coefficient (Wildman–Crippen LogP) is 3.17. The van der Waals surface area contributed by atoms with Crippen LogP contribution in [0.5, 0.6) is 0 Å². The van der Waals surface area contributed by atoms with E-state index in [9.17, 15) is 9.59 Å². The van der Waals surface area contributed by atoms with Gasteiger partial charge in [-0.3, -0.25) is 9.89 Å². The monoisotopic (exact) mass is 332 g/mol. The highest BCUT2D eigenvalue weighted by Gasteiger charge is 2.19. The van der Waals surface area contributed by atoms with Gasteiger partial charge in [-0.05, 0) is 30.2 Å². The fraction of sp³-hybridized carbons (Fsp3) is 0.100. The molecule has 0 aliphatic rings. The summed E-state index contributed by atoms with van der Waals surface area (Å²) in [7, 11) is 0. The molecule has 0 unspecified atom stereocenters. The van der Waals surface area contributed by atoms with Crippen LogP contribution in [0, 0.1) is 6.92 Å². The molecule has 0 bridgehead atoms. The van der Waals surface area contributed by atoms with Gasteiger partial charge in [0.1, 0.15) is 5.39 Å². The molecule has 0 aliphatic heterocycles. The van der Waals surface area contributed by atoms with Gasteiger partial charge >= 0.3 is 5.63 Å². The summed E-state index contributed by atoms with van der Waals surface area (Å²) in [5.74, 6) is 0. The largest absolute Gasteiger partial charge is 0.403 e. The van der Waals surface area contributed by atoms with Gasteiger partial charge in [0, 0.05) is 12.0 Å². The van der Waals surface area contributed by atoms with Crippen LogP contribution in [-0.4, -0.2) is 9.78 Å². The number of hydrogen-bond donors (Lipinski definition) is 1. The summed E-state index contributed by atoms with van der Waals surface area (Å²) in [6.45, 7) is 1.79. The number of aromatic amines is 1. The van der Waals surface area contributed by atoms with E-state index in [-0.39, 0.29) is 11.3 Å². The molecule has 4 aromatic rings. The Balaban J connectivity index is 1.94. The lowest BCUT2D eigenvalue weighted by Crippen LogP contribution is -2.12. The van der Waals surface area contributed by atoms with Gasteiger partial charge in [0.25, 0.3) is 5.56 Å². The molecule has 0 amide bonds. The molecule has 0 radical (unpaired) electrons. The summed E-state index contributed by atoms with van der Waals surface area (Å²) in [5, 5.41) is 3.17. The third-order valence-corrected chi connectivity index (χ3v) is 4.36. The Kier molecular flexibility index (Phi) is 3.61. The van der Waals surface area contributed by atoms with Gasteiger partial charge < -0.3 is 4.42 Å². The number of benzene rings is 2. The third-order valence-electron chi connectivity index (χ3n) is 4.36. The maximum atomic E-state index is 12.6. The minimum Gasteiger partial charge on any atom is -0.403 e. The number of aromatic nitrogens is 2. The quantitative estimate of drug-likeness (QED) is 0.626. The second-order valence-electron chi connectivity index (χ2n) is 5.95. The van der Waals surface area contributed by atoms with Crippen molar-refractivity contribution in [2.24, 2.45) is 0 Å². The molecule has 1 N–H and O–H groups in total. The fourth-order valence-corrected chi connectivity index (χ4v) is 3.06. The van der Waals surface area contributed by atoms with Crippen LogP contribution >= 0.6 is 0 Å². The smallest absolute Gasteiger partial charge is 0.341 e. The van der Waals surface area contributed by atoms with E-state index in [0.717, 1.165) is 11.3 Å². The highest BCUT2D eigenvalue weighted by atomic mass is 16.4. The Morgan fingerprint density at radius 2 is 1.60 bits per heavy atom. The summed E-state index contributed by atoms with van der Waals surface area (Å²) >= 11 is 0. The first kappa shape index (κ1) is 15.2. The first-order valence-electron chi connectivity index (χ1n) is 8.02. The summed E-state index contributed by atoms with van der Waals surface area (Å²) in [6.07, 6.45) is 0.431. The van der Waals surface area contributed by atoms with E-state index >= 15 is 0 Å². The number of hydrogen-bond acceptors (Lipinski definition) is 3. The molecule has 0 atom stereocenters. The van der Waals surface area contributed by atoms with Gasteiger partial charge in [0.05, 0.1) is 5.69 Å². The zero-order valence-corrected chi connectivity index (χ0v) is 13.7. The number of aryl methyl sites for hydroxylation is 1. The van der Waals surface area contributed by atoms with Crippen LogP contribution in [0.4, 0.5) is 0 Å². The Labute approximate surface area is 143 Å². The maximum absolute atomic E-state index is 12.6. The zero-order valence-electron chi connectivity index (χ0n) is 13.7. The number of fused-ring (bicyclic) bond motifs is 1. The Bertz CT molecular complexity index is 1150. The zero-order chi connectivity index (χ0) is 17.4. The Morgan fingerprint density at radius 3 is 2.28 bits per heavy atom. The van der Waals surface area contributed by atoms with E-state index in [1.165, 1.54) is 4.68 Å². The van der Waals surface area contributed by atoms with Gasteiger partial charge in [-0.15, -0.1) is 0 Å². The molecule has 5 nitrogen and oxygen atoms in total. The van der Waals surface area contributed by atoms with Crippen molar-refractivity contribution >= 4 is 11.1 Å². The molecule has 0 saturated carbocycles. The molecule has 0 aliphatic carbocycles. The Morgan fingerprint density at radius 1 is 0.960 bits per heavy atom. The summed E-state index contributed by atoms with van der Waals surface area (Å²) in [4.78, 5) is 25.0. The SMILES string of the molecule is Cc1c(Cc2ccccc2)c(=O)oc2c1c(=O)[nH]n2-c1ccccc1. The average Bonchev–Trinajstić information content (AvgIpc) is 2.96. The number of nitrogens with one attached hydrogen (secondary N) is 1. The molecule has 5 heteroatoms. The lowest BCUT2D eigenvalue weighted by Gasteiger charge is -2.07. The van der Waals surface area contributed by atoms with Crippen LogP contribution in [0.25, 0.3) is 16.8 Å². The molecule has 2 aromatic heterocycles. The van der Waals surface area contributed by atoms with E-state index in [2.05, 4.69) is 5.10 Å². The van der Waals surface area contributed by atoms with Crippen molar-refractivity contribution in [3.63, 3.8) is 0 Å². The number of rotatable bonds is 3. The normalized spacial score (nSPS) is 11.1. The van der Waals surface area contributed by atoms with Gasteiger partial charge in [-0.2, -0.15) is 0 Å². The van der Waals surface area contributed by atoms with Crippen LogP contribution < -0.4 is 11.2 Å². The maximum Gasteiger partial charge on any atom is 0.341 e. The molecule has 0 fully saturated rings. The predicted molar refractivity (Wildman–Crippen MR) is 96.4 cm³/mol. The first-order valence-corrected chi connectivity index (χ1v) is 8.02.